The van der Waals surface area contributed by atoms with Gasteiger partial charge in [0.05, 0.1) is 33.0 Å². The molecule has 0 spiro atoms. The second-order valence-corrected chi connectivity index (χ2v) is 8.12. The lowest BCUT2D eigenvalue weighted by Crippen LogP contribution is -2.53. The summed E-state index contributed by atoms with van der Waals surface area (Å²) in [6.45, 7) is 18.1. The highest BCUT2D eigenvalue weighted by Gasteiger charge is 2.31. The van der Waals surface area contributed by atoms with E-state index in [0.29, 0.717) is 6.04 Å². The van der Waals surface area contributed by atoms with E-state index in [2.05, 4.69) is 40.8 Å². The topological polar surface area (TPSA) is 52.6 Å². The Morgan fingerprint density at radius 2 is 1.85 bits per heavy atom. The molecule has 27 heavy (non-hydrogen) atoms. The van der Waals surface area contributed by atoms with E-state index in [1.807, 2.05) is 0 Å². The van der Waals surface area contributed by atoms with Gasteiger partial charge in [-0.05, 0) is 27.2 Å². The van der Waals surface area contributed by atoms with E-state index < -0.39 is 0 Å². The van der Waals surface area contributed by atoms with Crippen molar-refractivity contribution in [1.82, 2.24) is 20.0 Å². The quantitative estimate of drug-likeness (QED) is 0.350. The fraction of sp³-hybridized carbons (Fsp3) is 0.947. The molecule has 0 aromatic heterocycles. The summed E-state index contributed by atoms with van der Waals surface area (Å²) < 4.78 is 11.1. The number of nitrogens with zero attached hydrogens (tertiary/aromatic N) is 4. The van der Waals surface area contributed by atoms with Crippen molar-refractivity contribution < 1.29 is 9.47 Å². The van der Waals surface area contributed by atoms with Gasteiger partial charge in [0.2, 0.25) is 0 Å². The maximum Gasteiger partial charge on any atom is 0.194 e. The predicted octanol–water partition coefficient (Wildman–Crippen LogP) is 1.09. The minimum Gasteiger partial charge on any atom is -0.379 e. The van der Waals surface area contributed by atoms with Gasteiger partial charge in [0.1, 0.15) is 0 Å². The van der Waals surface area contributed by atoms with Crippen LogP contribution in [-0.2, 0) is 9.47 Å². The zero-order valence-electron chi connectivity index (χ0n) is 17.3. The molecule has 7 nitrogen and oxygen atoms in total. The number of halogens is 1. The van der Waals surface area contributed by atoms with Gasteiger partial charge in [-0.2, -0.15) is 0 Å². The second kappa shape index (κ2) is 11.1. The molecular weight excluding hydrogens is 457 g/mol. The van der Waals surface area contributed by atoms with Crippen LogP contribution in [-0.4, -0.2) is 111 Å². The Morgan fingerprint density at radius 1 is 1.11 bits per heavy atom. The van der Waals surface area contributed by atoms with Crippen molar-refractivity contribution in [2.24, 2.45) is 4.99 Å². The molecule has 3 aliphatic heterocycles. The standard InChI is InChI=1S/C19H37N5O2.HI/c1-4-20-18(21-6-8-24-11-14-26-16-19(24,2)3)23-7-5-17(15-23)22-9-12-25-13-10-22;/h17H,4-16H2,1-3H3,(H,20,21);1H. The number of morpholine rings is 2. The second-order valence-electron chi connectivity index (χ2n) is 8.12. The van der Waals surface area contributed by atoms with Crippen LogP contribution in [0, 0.1) is 0 Å². The van der Waals surface area contributed by atoms with Gasteiger partial charge in [0, 0.05) is 57.4 Å². The van der Waals surface area contributed by atoms with Crippen molar-refractivity contribution in [3.63, 3.8) is 0 Å². The lowest BCUT2D eigenvalue weighted by Gasteiger charge is -2.41. The Morgan fingerprint density at radius 3 is 2.56 bits per heavy atom. The molecule has 1 unspecified atom stereocenters. The minimum absolute atomic E-state index is 0. The molecule has 0 aromatic rings. The van der Waals surface area contributed by atoms with Crippen molar-refractivity contribution in [3.8, 4) is 0 Å². The van der Waals surface area contributed by atoms with E-state index >= 15 is 0 Å². The molecule has 1 N–H and O–H groups in total. The molecule has 8 heteroatoms. The Labute approximate surface area is 181 Å². The van der Waals surface area contributed by atoms with Gasteiger partial charge in [-0.1, -0.05) is 0 Å². The number of nitrogens with one attached hydrogen (secondary N) is 1. The van der Waals surface area contributed by atoms with Crippen molar-refractivity contribution in [2.75, 3.05) is 78.8 Å². The number of guanidine groups is 1. The van der Waals surface area contributed by atoms with Gasteiger partial charge >= 0.3 is 0 Å². The van der Waals surface area contributed by atoms with Gasteiger partial charge in [0.15, 0.2) is 5.96 Å². The van der Waals surface area contributed by atoms with Crippen LogP contribution in [0.25, 0.3) is 0 Å². The third kappa shape index (κ3) is 6.42. The summed E-state index contributed by atoms with van der Waals surface area (Å²) in [6, 6.07) is 0.640. The lowest BCUT2D eigenvalue weighted by atomic mass is 10.0. The third-order valence-electron chi connectivity index (χ3n) is 5.81. The fourth-order valence-corrected chi connectivity index (χ4v) is 4.18. The Kier molecular flexibility index (Phi) is 9.54. The first kappa shape index (κ1) is 23.1. The maximum absolute atomic E-state index is 5.62. The highest BCUT2D eigenvalue weighted by Crippen LogP contribution is 2.19. The highest BCUT2D eigenvalue weighted by atomic mass is 127. The Balaban J connectivity index is 0.00000261. The normalized spacial score (nSPS) is 27.4. The lowest BCUT2D eigenvalue weighted by molar-refractivity contribution is -0.0491. The monoisotopic (exact) mass is 495 g/mol. The van der Waals surface area contributed by atoms with Crippen LogP contribution in [0.5, 0.6) is 0 Å². The Hall–Kier alpha value is -0.160. The van der Waals surface area contributed by atoms with Crippen molar-refractivity contribution >= 4 is 29.9 Å². The van der Waals surface area contributed by atoms with E-state index in [4.69, 9.17) is 14.5 Å². The van der Waals surface area contributed by atoms with Crippen LogP contribution < -0.4 is 5.32 Å². The van der Waals surface area contributed by atoms with E-state index in [1.165, 1.54) is 6.42 Å². The third-order valence-corrected chi connectivity index (χ3v) is 5.81. The fourth-order valence-electron chi connectivity index (χ4n) is 4.18. The van der Waals surface area contributed by atoms with Crippen LogP contribution in [0.15, 0.2) is 4.99 Å². The summed E-state index contributed by atoms with van der Waals surface area (Å²) in [5, 5.41) is 3.50. The van der Waals surface area contributed by atoms with Gasteiger partial charge in [-0.15, -0.1) is 24.0 Å². The molecule has 0 bridgehead atoms. The van der Waals surface area contributed by atoms with Crippen LogP contribution in [0.1, 0.15) is 27.2 Å². The summed E-state index contributed by atoms with van der Waals surface area (Å²) >= 11 is 0. The van der Waals surface area contributed by atoms with E-state index in [9.17, 15) is 0 Å². The van der Waals surface area contributed by atoms with Crippen LogP contribution in [0.4, 0.5) is 0 Å². The zero-order valence-corrected chi connectivity index (χ0v) is 19.6. The molecule has 0 aromatic carbocycles. The summed E-state index contributed by atoms with van der Waals surface area (Å²) in [6.07, 6.45) is 1.22. The van der Waals surface area contributed by atoms with Crippen molar-refractivity contribution in [1.29, 1.82) is 0 Å². The molecule has 0 amide bonds. The van der Waals surface area contributed by atoms with Crippen LogP contribution in [0.3, 0.4) is 0 Å². The number of ether oxygens (including phenoxy) is 2. The van der Waals surface area contributed by atoms with E-state index in [1.54, 1.807) is 0 Å². The number of likely N-dealkylation sites (tertiary alicyclic amines) is 1. The average Bonchev–Trinajstić information content (AvgIpc) is 3.13. The van der Waals surface area contributed by atoms with Gasteiger partial charge in [-0.3, -0.25) is 14.8 Å². The molecule has 0 aliphatic carbocycles. The maximum atomic E-state index is 5.62. The first-order valence-electron chi connectivity index (χ1n) is 10.3. The number of rotatable bonds is 5. The predicted molar refractivity (Wildman–Crippen MR) is 120 cm³/mol. The minimum atomic E-state index is 0. The molecule has 3 rings (SSSR count). The smallest absolute Gasteiger partial charge is 0.194 e. The largest absolute Gasteiger partial charge is 0.379 e. The zero-order chi connectivity index (χ0) is 18.4. The van der Waals surface area contributed by atoms with Crippen molar-refractivity contribution in [2.45, 2.75) is 38.8 Å². The summed E-state index contributed by atoms with van der Waals surface area (Å²) in [4.78, 5) is 12.5. The molecule has 1 atom stereocenters. The highest BCUT2D eigenvalue weighted by molar-refractivity contribution is 14.0. The number of hydrogen-bond donors (Lipinski definition) is 1. The molecule has 158 valence electrons. The van der Waals surface area contributed by atoms with Crippen LogP contribution >= 0.6 is 24.0 Å². The Bertz CT molecular complexity index is 471. The molecule has 3 aliphatic rings. The molecule has 3 heterocycles. The van der Waals surface area contributed by atoms with Gasteiger partial charge in [-0.25, -0.2) is 0 Å². The molecular formula is C19H38IN5O2. The van der Waals surface area contributed by atoms with E-state index in [-0.39, 0.29) is 29.5 Å². The van der Waals surface area contributed by atoms with Gasteiger partial charge < -0.3 is 19.7 Å². The first-order valence-corrected chi connectivity index (χ1v) is 10.3. The van der Waals surface area contributed by atoms with E-state index in [0.717, 1.165) is 84.7 Å². The summed E-state index contributed by atoms with van der Waals surface area (Å²) in [7, 11) is 0. The van der Waals surface area contributed by atoms with Crippen molar-refractivity contribution in [3.05, 3.63) is 0 Å². The van der Waals surface area contributed by atoms with Crippen LogP contribution in [0.2, 0.25) is 0 Å². The number of aliphatic imine (C=N–C) groups is 1. The summed E-state index contributed by atoms with van der Waals surface area (Å²) in [5.41, 5.74) is 0.112. The average molecular weight is 495 g/mol. The van der Waals surface area contributed by atoms with Gasteiger partial charge in [0.25, 0.3) is 0 Å². The first-order chi connectivity index (χ1) is 12.6. The molecule has 3 fully saturated rings. The molecule has 0 radical (unpaired) electrons. The molecule has 3 saturated heterocycles. The number of hydrogen-bond acceptors (Lipinski definition) is 5. The summed E-state index contributed by atoms with van der Waals surface area (Å²) in [5.74, 6) is 1.08. The SMILES string of the molecule is CCNC(=NCCN1CCOCC1(C)C)N1CCC(N2CCOCC2)C1.I. The molecule has 0 saturated carbocycles.